The predicted molar refractivity (Wildman–Crippen MR) is 83.7 cm³/mol. The lowest BCUT2D eigenvalue weighted by Crippen LogP contribution is -2.24. The van der Waals surface area contributed by atoms with E-state index in [2.05, 4.69) is 60.5 Å². The second-order valence-corrected chi connectivity index (χ2v) is 5.22. The van der Waals surface area contributed by atoms with Crippen molar-refractivity contribution in [1.82, 2.24) is 5.32 Å². The predicted octanol–water partition coefficient (Wildman–Crippen LogP) is 3.90. The number of nitrogens with one attached hydrogen (secondary N) is 1. The molecule has 2 rings (SSSR count). The van der Waals surface area contributed by atoms with Gasteiger partial charge in [0.25, 0.3) is 0 Å². The Hall–Kier alpha value is -1.28. The molecule has 1 unspecified atom stereocenters. The molecule has 1 heterocycles. The second kappa shape index (κ2) is 7.34. The summed E-state index contributed by atoms with van der Waals surface area (Å²) in [6.07, 6.45) is 8.08. The first-order chi connectivity index (χ1) is 9.36. The van der Waals surface area contributed by atoms with Crippen LogP contribution in [0.15, 0.2) is 36.4 Å². The number of nitrogens with zero attached hydrogens (tertiary/aromatic N) is 1. The molecule has 1 aromatic carbocycles. The van der Waals surface area contributed by atoms with Crippen molar-refractivity contribution < 1.29 is 0 Å². The lowest BCUT2D eigenvalue weighted by atomic mass is 10.0. The second-order valence-electron chi connectivity index (χ2n) is 5.22. The van der Waals surface area contributed by atoms with Crippen molar-refractivity contribution in [2.75, 3.05) is 24.5 Å². The zero-order valence-corrected chi connectivity index (χ0v) is 12.2. The summed E-state index contributed by atoms with van der Waals surface area (Å²) in [5.41, 5.74) is 2.88. The monoisotopic (exact) mass is 258 g/mol. The lowest BCUT2D eigenvalue weighted by Gasteiger charge is -2.25. The molecule has 0 amide bonds. The van der Waals surface area contributed by atoms with Gasteiger partial charge in [-0.25, -0.2) is 0 Å². The van der Waals surface area contributed by atoms with Crippen LogP contribution in [0.1, 0.15) is 44.7 Å². The number of hydrogen-bond donors (Lipinski definition) is 1. The fourth-order valence-corrected chi connectivity index (χ4v) is 2.79. The highest BCUT2D eigenvalue weighted by Gasteiger charge is 2.21. The van der Waals surface area contributed by atoms with E-state index >= 15 is 0 Å². The van der Waals surface area contributed by atoms with Crippen LogP contribution in [0.4, 0.5) is 5.69 Å². The van der Waals surface area contributed by atoms with Crippen LogP contribution in [0.2, 0.25) is 0 Å². The van der Waals surface area contributed by atoms with E-state index < -0.39 is 0 Å². The Morgan fingerprint density at radius 3 is 3.00 bits per heavy atom. The van der Waals surface area contributed by atoms with Gasteiger partial charge in [0.2, 0.25) is 0 Å². The highest BCUT2D eigenvalue weighted by atomic mass is 15.1. The van der Waals surface area contributed by atoms with Gasteiger partial charge in [0.15, 0.2) is 0 Å². The molecule has 1 atom stereocenters. The summed E-state index contributed by atoms with van der Waals surface area (Å²) in [6.45, 7) is 7.61. The van der Waals surface area contributed by atoms with E-state index in [-0.39, 0.29) is 0 Å². The Kier molecular flexibility index (Phi) is 5.46. The number of hydrogen-bond acceptors (Lipinski definition) is 2. The number of benzene rings is 1. The molecular weight excluding hydrogens is 232 g/mol. The average Bonchev–Trinajstić information content (AvgIpc) is 2.62. The summed E-state index contributed by atoms with van der Waals surface area (Å²) in [5, 5.41) is 3.70. The third-order valence-corrected chi connectivity index (χ3v) is 3.78. The van der Waals surface area contributed by atoms with Crippen molar-refractivity contribution in [3.8, 4) is 0 Å². The number of fused-ring (bicyclic) bond motifs is 1. The third kappa shape index (κ3) is 3.60. The number of allylic oxidation sites excluding steroid dienone is 1. The molecule has 0 fully saturated rings. The zero-order valence-electron chi connectivity index (χ0n) is 12.2. The fraction of sp³-hybridized carbons (Fsp3) is 0.529. The Labute approximate surface area is 117 Å². The SMILES string of the molecule is C/C=C/CN1CCCC(NCCC)c2ccccc21. The van der Waals surface area contributed by atoms with E-state index in [0.29, 0.717) is 6.04 Å². The molecule has 104 valence electrons. The van der Waals surface area contributed by atoms with Crippen LogP contribution < -0.4 is 10.2 Å². The van der Waals surface area contributed by atoms with E-state index in [1.807, 2.05) is 0 Å². The van der Waals surface area contributed by atoms with Crippen LogP contribution in [-0.2, 0) is 0 Å². The first kappa shape index (κ1) is 14.1. The summed E-state index contributed by atoms with van der Waals surface area (Å²) in [6, 6.07) is 9.40. The largest absolute Gasteiger partial charge is 0.368 e. The Bertz CT molecular complexity index is 411. The quantitative estimate of drug-likeness (QED) is 0.806. The molecule has 0 saturated carbocycles. The van der Waals surface area contributed by atoms with Gasteiger partial charge in [-0.1, -0.05) is 37.3 Å². The van der Waals surface area contributed by atoms with Crippen LogP contribution >= 0.6 is 0 Å². The highest BCUT2D eigenvalue weighted by molar-refractivity contribution is 5.56. The van der Waals surface area contributed by atoms with Crippen molar-refractivity contribution in [2.45, 2.75) is 39.2 Å². The van der Waals surface area contributed by atoms with Gasteiger partial charge in [-0.3, -0.25) is 0 Å². The van der Waals surface area contributed by atoms with Crippen molar-refractivity contribution in [3.05, 3.63) is 42.0 Å². The summed E-state index contributed by atoms with van der Waals surface area (Å²) < 4.78 is 0. The molecular formula is C17H26N2. The van der Waals surface area contributed by atoms with Gasteiger partial charge in [0.1, 0.15) is 0 Å². The molecule has 1 aliphatic rings. The van der Waals surface area contributed by atoms with E-state index in [1.54, 1.807) is 0 Å². The molecule has 0 radical (unpaired) electrons. The minimum atomic E-state index is 0.520. The lowest BCUT2D eigenvalue weighted by molar-refractivity contribution is 0.496. The van der Waals surface area contributed by atoms with E-state index in [4.69, 9.17) is 0 Å². The molecule has 0 spiro atoms. The first-order valence-corrected chi connectivity index (χ1v) is 7.55. The smallest absolute Gasteiger partial charge is 0.0417 e. The summed E-state index contributed by atoms with van der Waals surface area (Å²) in [5.74, 6) is 0. The van der Waals surface area contributed by atoms with Crippen LogP contribution in [-0.4, -0.2) is 19.6 Å². The van der Waals surface area contributed by atoms with Gasteiger partial charge in [0, 0.05) is 24.8 Å². The molecule has 0 aromatic heterocycles. The van der Waals surface area contributed by atoms with Crippen molar-refractivity contribution in [2.24, 2.45) is 0 Å². The maximum absolute atomic E-state index is 3.70. The molecule has 2 heteroatoms. The minimum Gasteiger partial charge on any atom is -0.368 e. The molecule has 1 N–H and O–H groups in total. The fourth-order valence-electron chi connectivity index (χ4n) is 2.79. The van der Waals surface area contributed by atoms with Gasteiger partial charge in [-0.2, -0.15) is 0 Å². The van der Waals surface area contributed by atoms with Gasteiger partial charge in [0.05, 0.1) is 0 Å². The molecule has 0 aliphatic carbocycles. The summed E-state index contributed by atoms with van der Waals surface area (Å²) in [4.78, 5) is 2.50. The molecule has 19 heavy (non-hydrogen) atoms. The molecule has 2 nitrogen and oxygen atoms in total. The zero-order chi connectivity index (χ0) is 13.5. The van der Waals surface area contributed by atoms with E-state index in [0.717, 1.165) is 19.6 Å². The molecule has 1 aliphatic heterocycles. The van der Waals surface area contributed by atoms with E-state index in [9.17, 15) is 0 Å². The van der Waals surface area contributed by atoms with Crippen LogP contribution in [0.3, 0.4) is 0 Å². The van der Waals surface area contributed by atoms with Gasteiger partial charge < -0.3 is 10.2 Å². The number of anilines is 1. The number of para-hydroxylation sites is 1. The third-order valence-electron chi connectivity index (χ3n) is 3.78. The summed E-state index contributed by atoms with van der Waals surface area (Å²) in [7, 11) is 0. The average molecular weight is 258 g/mol. The topological polar surface area (TPSA) is 15.3 Å². The summed E-state index contributed by atoms with van der Waals surface area (Å²) >= 11 is 0. The Balaban J connectivity index is 2.23. The number of rotatable bonds is 5. The highest BCUT2D eigenvalue weighted by Crippen LogP contribution is 2.32. The maximum Gasteiger partial charge on any atom is 0.0417 e. The first-order valence-electron chi connectivity index (χ1n) is 7.55. The Morgan fingerprint density at radius 2 is 2.21 bits per heavy atom. The molecule has 0 saturated heterocycles. The van der Waals surface area contributed by atoms with Crippen molar-refractivity contribution in [3.63, 3.8) is 0 Å². The molecule has 0 bridgehead atoms. The molecule has 1 aromatic rings. The van der Waals surface area contributed by atoms with Crippen LogP contribution in [0.5, 0.6) is 0 Å². The van der Waals surface area contributed by atoms with E-state index in [1.165, 1.54) is 30.5 Å². The van der Waals surface area contributed by atoms with Crippen LogP contribution in [0.25, 0.3) is 0 Å². The van der Waals surface area contributed by atoms with Gasteiger partial charge in [-0.15, -0.1) is 0 Å². The minimum absolute atomic E-state index is 0.520. The maximum atomic E-state index is 3.70. The van der Waals surface area contributed by atoms with Crippen molar-refractivity contribution in [1.29, 1.82) is 0 Å². The van der Waals surface area contributed by atoms with Gasteiger partial charge >= 0.3 is 0 Å². The normalized spacial score (nSPS) is 19.5. The van der Waals surface area contributed by atoms with Crippen LogP contribution in [0, 0.1) is 0 Å². The van der Waals surface area contributed by atoms with Gasteiger partial charge in [-0.05, 0) is 44.4 Å². The van der Waals surface area contributed by atoms with Crippen molar-refractivity contribution >= 4 is 5.69 Å². The standard InChI is InChI=1S/C17H26N2/c1-3-5-13-19-14-8-10-16(18-12-4-2)15-9-6-7-11-17(15)19/h3,5-7,9,11,16,18H,4,8,10,12-14H2,1-2H3/b5-3+. The Morgan fingerprint density at radius 1 is 1.37 bits per heavy atom.